The van der Waals surface area contributed by atoms with E-state index in [-0.39, 0.29) is 25.7 Å². The minimum atomic E-state index is -4.62. The molecule has 9 heteroatoms. The van der Waals surface area contributed by atoms with Gasteiger partial charge in [-0.2, -0.15) is 8.42 Å². The van der Waals surface area contributed by atoms with Crippen LogP contribution >= 0.6 is 0 Å². The minimum absolute atomic E-state index is 0.00313. The Morgan fingerprint density at radius 1 is 0.969 bits per heavy atom. The highest BCUT2D eigenvalue weighted by molar-refractivity contribution is 7.87. The number of hydrogen-bond acceptors (Lipinski definition) is 7. The first-order valence-electron chi connectivity index (χ1n) is 10.7. The Bertz CT molecular complexity index is 1020. The molecule has 0 radical (unpaired) electrons. The van der Waals surface area contributed by atoms with Crippen LogP contribution in [0.2, 0.25) is 0 Å². The van der Waals surface area contributed by atoms with Crippen molar-refractivity contribution in [2.24, 2.45) is 0 Å². The fourth-order valence-corrected chi connectivity index (χ4v) is 5.27. The largest absolute Gasteiger partial charge is 0.464 e. The lowest BCUT2D eigenvalue weighted by molar-refractivity contribution is -0.144. The molecule has 1 atom stereocenters. The summed E-state index contributed by atoms with van der Waals surface area (Å²) in [4.78, 5) is 16.7. The maximum Gasteiger partial charge on any atom is 0.328 e. The van der Waals surface area contributed by atoms with Gasteiger partial charge in [-0.1, -0.05) is 48.5 Å². The van der Waals surface area contributed by atoms with E-state index in [1.807, 2.05) is 53.4 Å². The number of benzene rings is 2. The highest BCUT2D eigenvalue weighted by atomic mass is 32.2. The van der Waals surface area contributed by atoms with Gasteiger partial charge < -0.3 is 9.84 Å². The van der Waals surface area contributed by atoms with E-state index in [0.29, 0.717) is 32.7 Å². The molecule has 8 nitrogen and oxygen atoms in total. The second-order valence-electron chi connectivity index (χ2n) is 8.23. The van der Waals surface area contributed by atoms with Crippen LogP contribution in [0.25, 0.3) is 11.1 Å². The van der Waals surface area contributed by atoms with Gasteiger partial charge in [-0.05, 0) is 22.3 Å². The Labute approximate surface area is 188 Å². The molecule has 0 bridgehead atoms. The molecule has 1 saturated heterocycles. The predicted molar refractivity (Wildman–Crippen MR) is 120 cm³/mol. The highest BCUT2D eigenvalue weighted by Crippen LogP contribution is 2.44. The first kappa shape index (κ1) is 22.9. The number of piperazine rings is 1. The van der Waals surface area contributed by atoms with E-state index in [9.17, 15) is 17.8 Å². The maximum absolute atomic E-state index is 12.8. The summed E-state index contributed by atoms with van der Waals surface area (Å²) in [6.45, 7) is 2.90. The third kappa shape index (κ3) is 4.87. The number of carbonyl (C=O) groups excluding carboxylic acids is 1. The standard InChI is InChI=1S/C23H28N2O6S/c26-14-13-24-9-11-25(12-10-24)15-22(32(28,29)30)23(27)31-16-21-19-7-3-1-5-17(19)18-6-2-4-8-20(18)21/h1-8,21-22,26H,9-16H2,(H,28,29,30). The average molecular weight is 461 g/mol. The monoisotopic (exact) mass is 460 g/mol. The molecule has 2 aromatic carbocycles. The lowest BCUT2D eigenvalue weighted by Crippen LogP contribution is -2.51. The molecule has 0 amide bonds. The van der Waals surface area contributed by atoms with Gasteiger partial charge in [-0.15, -0.1) is 0 Å². The van der Waals surface area contributed by atoms with Gasteiger partial charge in [0.1, 0.15) is 6.61 Å². The fraction of sp³-hybridized carbons (Fsp3) is 0.435. The second-order valence-corrected chi connectivity index (χ2v) is 9.83. The van der Waals surface area contributed by atoms with E-state index in [1.54, 1.807) is 0 Å². The van der Waals surface area contributed by atoms with E-state index < -0.39 is 21.3 Å². The number of aliphatic hydroxyl groups excluding tert-OH is 1. The number of esters is 1. The van der Waals surface area contributed by atoms with Crippen LogP contribution in [0.3, 0.4) is 0 Å². The summed E-state index contributed by atoms with van der Waals surface area (Å²) in [5.41, 5.74) is 4.22. The summed E-state index contributed by atoms with van der Waals surface area (Å²) in [6.07, 6.45) is 0. The molecule has 1 unspecified atom stereocenters. The molecule has 2 aromatic rings. The molecule has 1 aliphatic heterocycles. The van der Waals surface area contributed by atoms with Crippen molar-refractivity contribution in [2.75, 3.05) is 52.5 Å². The summed E-state index contributed by atoms with van der Waals surface area (Å²) in [5.74, 6) is -1.12. The lowest BCUT2D eigenvalue weighted by atomic mass is 9.98. The summed E-state index contributed by atoms with van der Waals surface area (Å²) in [7, 11) is -4.62. The Morgan fingerprint density at radius 3 is 2.03 bits per heavy atom. The normalized spacial score (nSPS) is 18.2. The molecule has 0 saturated carbocycles. The van der Waals surface area contributed by atoms with Crippen LogP contribution in [-0.2, 0) is 19.6 Å². The lowest BCUT2D eigenvalue weighted by Gasteiger charge is -2.35. The number of fused-ring (bicyclic) bond motifs is 3. The van der Waals surface area contributed by atoms with Gasteiger partial charge in [0.2, 0.25) is 0 Å². The van der Waals surface area contributed by atoms with Crippen LogP contribution in [0.15, 0.2) is 48.5 Å². The number of hydrogen-bond donors (Lipinski definition) is 2. The van der Waals surface area contributed by atoms with Crippen molar-refractivity contribution in [3.05, 3.63) is 59.7 Å². The zero-order chi connectivity index (χ0) is 22.7. The van der Waals surface area contributed by atoms with Gasteiger partial charge in [0.25, 0.3) is 10.1 Å². The average Bonchev–Trinajstić information content (AvgIpc) is 3.10. The molecular formula is C23H28N2O6S. The van der Waals surface area contributed by atoms with Crippen LogP contribution in [-0.4, -0.2) is 91.6 Å². The van der Waals surface area contributed by atoms with Crippen LogP contribution in [0.5, 0.6) is 0 Å². The molecular weight excluding hydrogens is 432 g/mol. The minimum Gasteiger partial charge on any atom is -0.464 e. The van der Waals surface area contributed by atoms with Gasteiger partial charge >= 0.3 is 5.97 Å². The molecule has 0 spiro atoms. The molecule has 1 aliphatic carbocycles. The first-order valence-corrected chi connectivity index (χ1v) is 12.3. The van der Waals surface area contributed by atoms with Gasteiger partial charge in [0.15, 0.2) is 5.25 Å². The maximum atomic E-state index is 12.8. The van der Waals surface area contributed by atoms with Crippen molar-refractivity contribution >= 4 is 16.1 Å². The molecule has 32 heavy (non-hydrogen) atoms. The molecule has 2 N–H and O–H groups in total. The smallest absolute Gasteiger partial charge is 0.328 e. The third-order valence-corrected chi connectivity index (χ3v) is 7.34. The van der Waals surface area contributed by atoms with Crippen LogP contribution in [0, 0.1) is 0 Å². The quantitative estimate of drug-likeness (QED) is 0.447. The summed E-state index contributed by atoms with van der Waals surface area (Å²) >= 11 is 0. The fourth-order valence-electron chi connectivity index (χ4n) is 4.56. The number of β-amino-alcohol motifs (C(OH)–C–C–N with tert-alkyl or cyclic N) is 1. The van der Waals surface area contributed by atoms with E-state index in [1.165, 1.54) is 0 Å². The first-order chi connectivity index (χ1) is 15.4. The number of rotatable bonds is 8. The van der Waals surface area contributed by atoms with Crippen LogP contribution in [0.1, 0.15) is 17.0 Å². The Balaban J connectivity index is 1.44. The zero-order valence-corrected chi connectivity index (χ0v) is 18.6. The van der Waals surface area contributed by atoms with Crippen molar-refractivity contribution in [3.63, 3.8) is 0 Å². The van der Waals surface area contributed by atoms with Gasteiger partial charge in [0.05, 0.1) is 6.61 Å². The molecule has 1 heterocycles. The van der Waals surface area contributed by atoms with Gasteiger partial charge in [-0.3, -0.25) is 19.1 Å². The van der Waals surface area contributed by atoms with E-state index >= 15 is 0 Å². The van der Waals surface area contributed by atoms with Crippen LogP contribution < -0.4 is 0 Å². The van der Waals surface area contributed by atoms with Crippen molar-refractivity contribution in [1.82, 2.24) is 9.80 Å². The van der Waals surface area contributed by atoms with Gasteiger partial charge in [0, 0.05) is 45.2 Å². The zero-order valence-electron chi connectivity index (χ0n) is 17.8. The molecule has 172 valence electrons. The van der Waals surface area contributed by atoms with E-state index in [0.717, 1.165) is 22.3 Å². The number of carbonyl (C=O) groups is 1. The van der Waals surface area contributed by atoms with Crippen molar-refractivity contribution in [2.45, 2.75) is 11.2 Å². The topological polar surface area (TPSA) is 107 Å². The number of ether oxygens (including phenoxy) is 1. The van der Waals surface area contributed by atoms with Crippen molar-refractivity contribution in [1.29, 1.82) is 0 Å². The van der Waals surface area contributed by atoms with Crippen molar-refractivity contribution in [3.8, 4) is 11.1 Å². The summed E-state index contributed by atoms with van der Waals surface area (Å²) in [6, 6.07) is 15.8. The third-order valence-electron chi connectivity index (χ3n) is 6.28. The highest BCUT2D eigenvalue weighted by Gasteiger charge is 2.37. The molecule has 1 fully saturated rings. The molecule has 0 aromatic heterocycles. The molecule has 4 rings (SSSR count). The predicted octanol–water partition coefficient (Wildman–Crippen LogP) is 1.21. The summed E-state index contributed by atoms with van der Waals surface area (Å²) < 4.78 is 39.2. The number of nitrogens with zero attached hydrogens (tertiary/aromatic N) is 2. The van der Waals surface area contributed by atoms with Crippen molar-refractivity contribution < 1.29 is 27.6 Å². The Kier molecular flexibility index (Phi) is 6.92. The Morgan fingerprint density at radius 2 is 1.50 bits per heavy atom. The Hall–Kier alpha value is -2.30. The number of aliphatic hydroxyl groups is 1. The SMILES string of the molecule is O=C(OCC1c2ccccc2-c2ccccc21)C(CN1CCN(CCO)CC1)S(=O)(=O)O. The van der Waals surface area contributed by atoms with Gasteiger partial charge in [-0.25, -0.2) is 0 Å². The molecule has 2 aliphatic rings. The van der Waals surface area contributed by atoms with E-state index in [2.05, 4.69) is 4.90 Å². The second kappa shape index (κ2) is 9.68. The summed E-state index contributed by atoms with van der Waals surface area (Å²) in [5, 5.41) is 7.40. The van der Waals surface area contributed by atoms with Crippen LogP contribution in [0.4, 0.5) is 0 Å². The van der Waals surface area contributed by atoms with E-state index in [4.69, 9.17) is 9.84 Å².